The maximum atomic E-state index is 5.74. The highest BCUT2D eigenvalue weighted by molar-refractivity contribution is 5.22. The predicted molar refractivity (Wildman–Crippen MR) is 76.2 cm³/mol. The number of hydrogen-bond acceptors (Lipinski definition) is 5. The summed E-state index contributed by atoms with van der Waals surface area (Å²) in [6.07, 6.45) is 6.79. The van der Waals surface area contributed by atoms with Gasteiger partial charge in [0.25, 0.3) is 0 Å². The van der Waals surface area contributed by atoms with Gasteiger partial charge in [0.15, 0.2) is 0 Å². The van der Waals surface area contributed by atoms with Crippen molar-refractivity contribution >= 4 is 6.01 Å². The number of nitrogens with one attached hydrogen (secondary N) is 1. The Morgan fingerprint density at radius 2 is 2.05 bits per heavy atom. The van der Waals surface area contributed by atoms with Crippen molar-refractivity contribution in [1.29, 1.82) is 0 Å². The Morgan fingerprint density at radius 3 is 2.74 bits per heavy atom. The lowest BCUT2D eigenvalue weighted by molar-refractivity contribution is 0.352. The van der Waals surface area contributed by atoms with Crippen LogP contribution in [0.3, 0.4) is 0 Å². The van der Waals surface area contributed by atoms with Crippen LogP contribution in [0, 0.1) is 5.92 Å². The maximum absolute atomic E-state index is 5.74. The van der Waals surface area contributed by atoms with Gasteiger partial charge in [0.2, 0.25) is 5.89 Å². The molecule has 2 rings (SSSR count). The third kappa shape index (κ3) is 3.93. The molecule has 108 valence electrons. The molecule has 1 aliphatic rings. The van der Waals surface area contributed by atoms with Crippen molar-refractivity contribution < 1.29 is 4.42 Å². The molecule has 0 aliphatic heterocycles. The van der Waals surface area contributed by atoms with Crippen LogP contribution in [-0.4, -0.2) is 30.3 Å². The van der Waals surface area contributed by atoms with Gasteiger partial charge in [0.05, 0.1) is 6.04 Å². The summed E-state index contributed by atoms with van der Waals surface area (Å²) in [5.41, 5.74) is 0. The molecule has 0 spiro atoms. The third-order valence-corrected chi connectivity index (χ3v) is 3.89. The molecule has 0 radical (unpaired) electrons. The molecule has 5 nitrogen and oxygen atoms in total. The molecule has 0 bridgehead atoms. The highest BCUT2D eigenvalue weighted by Gasteiger charge is 2.19. The summed E-state index contributed by atoms with van der Waals surface area (Å²) in [5, 5.41) is 11.6. The molecule has 5 heteroatoms. The molecule has 1 aromatic rings. The lowest BCUT2D eigenvalue weighted by atomic mass is 9.89. The number of anilines is 1. The van der Waals surface area contributed by atoms with E-state index in [1.807, 2.05) is 14.0 Å². The lowest BCUT2D eigenvalue weighted by Crippen LogP contribution is -2.27. The van der Waals surface area contributed by atoms with E-state index in [-0.39, 0.29) is 6.04 Å². The first kappa shape index (κ1) is 14.3. The van der Waals surface area contributed by atoms with Crippen LogP contribution >= 0.6 is 0 Å². The quantitative estimate of drug-likeness (QED) is 0.858. The molecule has 19 heavy (non-hydrogen) atoms. The number of aromatic nitrogens is 2. The normalized spacial score (nSPS) is 18.5. The van der Waals surface area contributed by atoms with Gasteiger partial charge in [0, 0.05) is 13.6 Å². The number of rotatable bonds is 6. The molecule has 0 amide bonds. The molecular formula is C14H26N4O. The second-order valence-electron chi connectivity index (χ2n) is 5.59. The van der Waals surface area contributed by atoms with E-state index in [1.165, 1.54) is 32.1 Å². The first-order chi connectivity index (χ1) is 9.20. The Bertz CT molecular complexity index is 373. The molecule has 0 aromatic carbocycles. The van der Waals surface area contributed by atoms with Crippen LogP contribution in [0.2, 0.25) is 0 Å². The Hall–Kier alpha value is -1.10. The van der Waals surface area contributed by atoms with Crippen LogP contribution in [0.4, 0.5) is 6.01 Å². The van der Waals surface area contributed by atoms with E-state index in [1.54, 1.807) is 0 Å². The van der Waals surface area contributed by atoms with Gasteiger partial charge in [-0.3, -0.25) is 0 Å². The van der Waals surface area contributed by atoms with Gasteiger partial charge in [-0.15, -0.1) is 5.10 Å². The van der Waals surface area contributed by atoms with Gasteiger partial charge in [0.1, 0.15) is 0 Å². The number of hydrogen-bond donors (Lipinski definition) is 1. The Morgan fingerprint density at radius 1 is 1.32 bits per heavy atom. The third-order valence-electron chi connectivity index (χ3n) is 3.89. The van der Waals surface area contributed by atoms with Gasteiger partial charge in [-0.25, -0.2) is 0 Å². The Balaban J connectivity index is 1.89. The molecule has 1 aromatic heterocycles. The molecule has 1 unspecified atom stereocenters. The second-order valence-corrected chi connectivity index (χ2v) is 5.59. The van der Waals surface area contributed by atoms with Gasteiger partial charge in [-0.2, -0.15) is 0 Å². The first-order valence-corrected chi connectivity index (χ1v) is 7.48. The Labute approximate surface area is 115 Å². The average Bonchev–Trinajstić information content (AvgIpc) is 2.90. The van der Waals surface area contributed by atoms with Crippen LogP contribution in [0.5, 0.6) is 0 Å². The summed E-state index contributed by atoms with van der Waals surface area (Å²) >= 11 is 0. The zero-order valence-corrected chi connectivity index (χ0v) is 12.4. The van der Waals surface area contributed by atoms with Crippen LogP contribution in [0.15, 0.2) is 4.42 Å². The smallest absolute Gasteiger partial charge is 0.317 e. The van der Waals surface area contributed by atoms with Crippen LogP contribution in [0.25, 0.3) is 0 Å². The van der Waals surface area contributed by atoms with E-state index in [9.17, 15) is 0 Å². The van der Waals surface area contributed by atoms with Crippen LogP contribution < -0.4 is 10.2 Å². The average molecular weight is 266 g/mol. The van der Waals surface area contributed by atoms with E-state index >= 15 is 0 Å². The van der Waals surface area contributed by atoms with Crippen molar-refractivity contribution in [3.05, 3.63) is 5.89 Å². The molecule has 1 fully saturated rings. The largest absolute Gasteiger partial charge is 0.406 e. The molecule has 1 saturated carbocycles. The maximum Gasteiger partial charge on any atom is 0.317 e. The van der Waals surface area contributed by atoms with Crippen molar-refractivity contribution in [1.82, 2.24) is 15.5 Å². The highest BCUT2D eigenvalue weighted by Crippen LogP contribution is 2.25. The summed E-state index contributed by atoms with van der Waals surface area (Å²) in [6, 6.07) is 0.764. The Kier molecular flexibility index (Phi) is 5.19. The summed E-state index contributed by atoms with van der Waals surface area (Å²) in [5.74, 6) is 1.45. The molecular weight excluding hydrogens is 240 g/mol. The van der Waals surface area contributed by atoms with E-state index < -0.39 is 0 Å². The van der Waals surface area contributed by atoms with Gasteiger partial charge in [-0.05, 0) is 32.2 Å². The fourth-order valence-corrected chi connectivity index (χ4v) is 2.78. The van der Waals surface area contributed by atoms with Gasteiger partial charge >= 0.3 is 6.01 Å². The van der Waals surface area contributed by atoms with E-state index in [0.717, 1.165) is 19.0 Å². The highest BCUT2D eigenvalue weighted by atomic mass is 16.4. The minimum Gasteiger partial charge on any atom is -0.406 e. The lowest BCUT2D eigenvalue weighted by Gasteiger charge is -2.25. The SMILES string of the molecule is CCNC(C)c1nnc(N(C)CC2CCCCC2)o1. The van der Waals surface area contributed by atoms with Crippen LogP contribution in [-0.2, 0) is 0 Å². The topological polar surface area (TPSA) is 54.2 Å². The van der Waals surface area contributed by atoms with Crippen molar-refractivity contribution in [2.45, 2.75) is 52.0 Å². The monoisotopic (exact) mass is 266 g/mol. The van der Waals surface area contributed by atoms with Crippen molar-refractivity contribution in [3.8, 4) is 0 Å². The molecule has 1 N–H and O–H groups in total. The minimum atomic E-state index is 0.120. The van der Waals surface area contributed by atoms with Crippen molar-refractivity contribution in [2.24, 2.45) is 5.92 Å². The molecule has 1 heterocycles. The zero-order valence-electron chi connectivity index (χ0n) is 12.4. The van der Waals surface area contributed by atoms with E-state index in [4.69, 9.17) is 4.42 Å². The summed E-state index contributed by atoms with van der Waals surface area (Å²) in [4.78, 5) is 2.10. The zero-order chi connectivity index (χ0) is 13.7. The van der Waals surface area contributed by atoms with Crippen molar-refractivity contribution in [3.63, 3.8) is 0 Å². The fourth-order valence-electron chi connectivity index (χ4n) is 2.78. The standard InChI is InChI=1S/C14H26N4O/c1-4-15-11(2)13-16-17-14(19-13)18(3)10-12-8-6-5-7-9-12/h11-12,15H,4-10H2,1-3H3. The predicted octanol–water partition coefficient (Wildman–Crippen LogP) is 2.76. The fraction of sp³-hybridized carbons (Fsp3) is 0.857. The minimum absolute atomic E-state index is 0.120. The second kappa shape index (κ2) is 6.89. The van der Waals surface area contributed by atoms with Crippen molar-refractivity contribution in [2.75, 3.05) is 25.0 Å². The van der Waals surface area contributed by atoms with E-state index in [2.05, 4.69) is 27.3 Å². The summed E-state index contributed by atoms with van der Waals surface area (Å²) in [6.45, 7) is 6.04. The first-order valence-electron chi connectivity index (χ1n) is 7.48. The van der Waals surface area contributed by atoms with Gasteiger partial charge < -0.3 is 14.6 Å². The van der Waals surface area contributed by atoms with E-state index in [0.29, 0.717) is 11.9 Å². The molecule has 0 saturated heterocycles. The van der Waals surface area contributed by atoms with Gasteiger partial charge in [-0.1, -0.05) is 31.3 Å². The summed E-state index contributed by atoms with van der Waals surface area (Å²) in [7, 11) is 2.05. The molecule has 1 atom stereocenters. The number of nitrogens with zero attached hydrogens (tertiary/aromatic N) is 3. The molecule has 1 aliphatic carbocycles. The summed E-state index contributed by atoms with van der Waals surface area (Å²) < 4.78 is 5.74. The van der Waals surface area contributed by atoms with Crippen LogP contribution in [0.1, 0.15) is 57.9 Å².